The van der Waals surface area contributed by atoms with Crippen LogP contribution < -0.4 is 5.43 Å². The number of hydrogen-bond donors (Lipinski definition) is 1. The summed E-state index contributed by atoms with van der Waals surface area (Å²) in [5.74, 6) is 0.782. The summed E-state index contributed by atoms with van der Waals surface area (Å²) >= 11 is 0. The lowest BCUT2D eigenvalue weighted by molar-refractivity contribution is 0.218. The number of aryl methyl sites for hydroxylation is 1. The lowest BCUT2D eigenvalue weighted by Gasteiger charge is -2.26. The Hall–Kier alpha value is -1.81. The van der Waals surface area contributed by atoms with Crippen LogP contribution in [0.25, 0.3) is 11.0 Å². The Labute approximate surface area is 117 Å². The first-order chi connectivity index (χ1) is 9.65. The van der Waals surface area contributed by atoms with E-state index in [-0.39, 0.29) is 11.2 Å². The Kier molecular flexibility index (Phi) is 3.49. The molecule has 106 valence electrons. The number of aromatic hydroxyl groups is 1. The minimum absolute atomic E-state index is 0.0522. The minimum atomic E-state index is -0.0522. The van der Waals surface area contributed by atoms with Crippen molar-refractivity contribution in [3.8, 4) is 5.75 Å². The molecule has 3 rings (SSSR count). The molecular formula is C16H19NO3. The third-order valence-corrected chi connectivity index (χ3v) is 3.93. The van der Waals surface area contributed by atoms with Gasteiger partial charge in [-0.25, -0.2) is 0 Å². The molecule has 0 radical (unpaired) electrons. The summed E-state index contributed by atoms with van der Waals surface area (Å²) in [6.45, 7) is 4.46. The summed E-state index contributed by atoms with van der Waals surface area (Å²) in [6, 6.07) is 4.72. The zero-order valence-electron chi connectivity index (χ0n) is 11.7. The van der Waals surface area contributed by atoms with Gasteiger partial charge in [-0.2, -0.15) is 0 Å². The molecule has 1 N–H and O–H groups in total. The molecule has 0 unspecified atom stereocenters. The Morgan fingerprint density at radius 3 is 2.75 bits per heavy atom. The fraction of sp³-hybridized carbons (Fsp3) is 0.438. The van der Waals surface area contributed by atoms with Gasteiger partial charge in [0.25, 0.3) is 0 Å². The van der Waals surface area contributed by atoms with Gasteiger partial charge in [0.15, 0.2) is 5.43 Å². The van der Waals surface area contributed by atoms with Gasteiger partial charge in [-0.15, -0.1) is 0 Å². The predicted octanol–water partition coefficient (Wildman–Crippen LogP) is 2.79. The van der Waals surface area contributed by atoms with E-state index in [0.29, 0.717) is 23.3 Å². The SMILES string of the molecule is Cc1cc(=O)c2ccc(O)c(CN3CCCCC3)c2o1. The minimum Gasteiger partial charge on any atom is -0.507 e. The van der Waals surface area contributed by atoms with Gasteiger partial charge in [-0.05, 0) is 45.0 Å². The van der Waals surface area contributed by atoms with Crippen LogP contribution in [0.15, 0.2) is 27.4 Å². The van der Waals surface area contributed by atoms with Crippen molar-refractivity contribution in [2.45, 2.75) is 32.7 Å². The van der Waals surface area contributed by atoms with Crippen molar-refractivity contribution < 1.29 is 9.52 Å². The number of nitrogens with zero attached hydrogens (tertiary/aromatic N) is 1. The first kappa shape index (κ1) is 13.2. The number of phenols is 1. The van der Waals surface area contributed by atoms with Gasteiger partial charge >= 0.3 is 0 Å². The number of likely N-dealkylation sites (tertiary alicyclic amines) is 1. The highest BCUT2D eigenvalue weighted by Gasteiger charge is 2.17. The predicted molar refractivity (Wildman–Crippen MR) is 78.0 cm³/mol. The number of hydrogen-bond acceptors (Lipinski definition) is 4. The molecule has 1 aromatic carbocycles. The largest absolute Gasteiger partial charge is 0.507 e. The Morgan fingerprint density at radius 2 is 2.00 bits per heavy atom. The molecule has 2 aromatic rings. The third kappa shape index (κ3) is 2.43. The summed E-state index contributed by atoms with van der Waals surface area (Å²) in [6.07, 6.45) is 3.65. The van der Waals surface area contributed by atoms with Gasteiger partial charge in [0.05, 0.1) is 10.9 Å². The maximum absolute atomic E-state index is 12.0. The highest BCUT2D eigenvalue weighted by molar-refractivity contribution is 5.82. The van der Waals surface area contributed by atoms with E-state index in [2.05, 4.69) is 4.90 Å². The molecule has 0 spiro atoms. The van der Waals surface area contributed by atoms with Crippen molar-refractivity contribution >= 4 is 11.0 Å². The molecule has 4 heteroatoms. The fourth-order valence-corrected chi connectivity index (χ4v) is 2.87. The van der Waals surface area contributed by atoms with E-state index in [1.165, 1.54) is 25.3 Å². The van der Waals surface area contributed by atoms with Crippen LogP contribution in [0.5, 0.6) is 5.75 Å². The van der Waals surface area contributed by atoms with E-state index in [9.17, 15) is 9.90 Å². The second-order valence-corrected chi connectivity index (χ2v) is 5.50. The van der Waals surface area contributed by atoms with Crippen LogP contribution in [0.3, 0.4) is 0 Å². The average molecular weight is 273 g/mol. The van der Waals surface area contributed by atoms with Gasteiger partial charge < -0.3 is 9.52 Å². The highest BCUT2D eigenvalue weighted by Crippen LogP contribution is 2.28. The first-order valence-corrected chi connectivity index (χ1v) is 7.13. The molecule has 20 heavy (non-hydrogen) atoms. The zero-order chi connectivity index (χ0) is 14.1. The fourth-order valence-electron chi connectivity index (χ4n) is 2.87. The zero-order valence-corrected chi connectivity index (χ0v) is 11.7. The summed E-state index contributed by atoms with van der Waals surface area (Å²) in [4.78, 5) is 14.3. The second-order valence-electron chi connectivity index (χ2n) is 5.50. The van der Waals surface area contributed by atoms with Gasteiger partial charge in [-0.3, -0.25) is 9.69 Å². The first-order valence-electron chi connectivity index (χ1n) is 7.13. The van der Waals surface area contributed by atoms with Gasteiger partial charge in [0.2, 0.25) is 0 Å². The molecule has 1 aromatic heterocycles. The number of rotatable bonds is 2. The molecule has 0 saturated carbocycles. The Balaban J connectivity index is 2.08. The molecule has 0 amide bonds. The molecule has 1 fully saturated rings. The van der Waals surface area contributed by atoms with Crippen molar-refractivity contribution in [3.63, 3.8) is 0 Å². The summed E-state index contributed by atoms with van der Waals surface area (Å²) < 4.78 is 5.71. The standard InChI is InChI=1S/C16H19NO3/c1-11-9-15(19)12-5-6-14(18)13(16(12)20-11)10-17-7-3-2-4-8-17/h5-6,9,18H,2-4,7-8,10H2,1H3. The van der Waals surface area contributed by atoms with E-state index < -0.39 is 0 Å². The summed E-state index contributed by atoms with van der Waals surface area (Å²) in [7, 11) is 0. The van der Waals surface area contributed by atoms with Crippen LogP contribution in [0, 0.1) is 6.92 Å². The third-order valence-electron chi connectivity index (χ3n) is 3.93. The topological polar surface area (TPSA) is 53.7 Å². The van der Waals surface area contributed by atoms with Crippen molar-refractivity contribution in [2.24, 2.45) is 0 Å². The molecule has 2 heterocycles. The molecule has 4 nitrogen and oxygen atoms in total. The molecular weight excluding hydrogens is 254 g/mol. The van der Waals surface area contributed by atoms with Crippen LogP contribution in [-0.2, 0) is 6.54 Å². The monoisotopic (exact) mass is 273 g/mol. The van der Waals surface area contributed by atoms with Crippen molar-refractivity contribution in [1.29, 1.82) is 0 Å². The quantitative estimate of drug-likeness (QED) is 0.914. The van der Waals surface area contributed by atoms with Gasteiger partial charge in [0, 0.05) is 12.6 Å². The lowest BCUT2D eigenvalue weighted by atomic mass is 10.1. The van der Waals surface area contributed by atoms with E-state index >= 15 is 0 Å². The molecule has 0 atom stereocenters. The van der Waals surface area contributed by atoms with Crippen LogP contribution in [0.2, 0.25) is 0 Å². The van der Waals surface area contributed by atoms with Crippen LogP contribution >= 0.6 is 0 Å². The number of benzene rings is 1. The smallest absolute Gasteiger partial charge is 0.192 e. The van der Waals surface area contributed by atoms with E-state index in [1.54, 1.807) is 19.1 Å². The Morgan fingerprint density at radius 1 is 1.25 bits per heavy atom. The van der Waals surface area contributed by atoms with Crippen LogP contribution in [-0.4, -0.2) is 23.1 Å². The normalized spacial score (nSPS) is 16.6. The van der Waals surface area contributed by atoms with E-state index in [1.807, 2.05) is 0 Å². The van der Waals surface area contributed by atoms with Crippen molar-refractivity contribution in [3.05, 3.63) is 39.7 Å². The average Bonchev–Trinajstić information content (AvgIpc) is 2.43. The molecule has 1 aliphatic heterocycles. The van der Waals surface area contributed by atoms with Gasteiger partial charge in [-0.1, -0.05) is 6.42 Å². The number of piperidine rings is 1. The summed E-state index contributed by atoms with van der Waals surface area (Å²) in [5, 5.41) is 10.7. The van der Waals surface area contributed by atoms with E-state index in [0.717, 1.165) is 18.7 Å². The second kappa shape index (κ2) is 5.29. The summed E-state index contributed by atoms with van der Waals surface area (Å²) in [5.41, 5.74) is 1.20. The van der Waals surface area contributed by atoms with Gasteiger partial charge in [0.1, 0.15) is 17.1 Å². The van der Waals surface area contributed by atoms with Crippen molar-refractivity contribution in [1.82, 2.24) is 4.90 Å². The number of phenolic OH excluding ortho intramolecular Hbond substituents is 1. The molecule has 0 bridgehead atoms. The molecule has 0 aliphatic carbocycles. The highest BCUT2D eigenvalue weighted by atomic mass is 16.3. The maximum atomic E-state index is 12.0. The number of fused-ring (bicyclic) bond motifs is 1. The van der Waals surface area contributed by atoms with Crippen LogP contribution in [0.1, 0.15) is 30.6 Å². The Bertz CT molecular complexity index is 684. The van der Waals surface area contributed by atoms with E-state index in [4.69, 9.17) is 4.42 Å². The molecule has 1 saturated heterocycles. The van der Waals surface area contributed by atoms with Crippen LogP contribution in [0.4, 0.5) is 0 Å². The molecule has 1 aliphatic rings. The lowest BCUT2D eigenvalue weighted by Crippen LogP contribution is -2.29. The maximum Gasteiger partial charge on any atom is 0.192 e. The van der Waals surface area contributed by atoms with Crippen molar-refractivity contribution in [2.75, 3.05) is 13.1 Å².